The molecule has 0 radical (unpaired) electrons. The van der Waals surface area contributed by atoms with Gasteiger partial charge in [-0.2, -0.15) is 11.8 Å². The van der Waals surface area contributed by atoms with Crippen molar-refractivity contribution in [2.45, 2.75) is 76.1 Å². The summed E-state index contributed by atoms with van der Waals surface area (Å²) in [6.45, 7) is 4.57. The zero-order valence-corrected chi connectivity index (χ0v) is 14.5. The minimum atomic E-state index is 0.549. The van der Waals surface area contributed by atoms with Crippen molar-refractivity contribution in [3.8, 4) is 0 Å². The largest absolute Gasteiger partial charge is 0.307 e. The van der Waals surface area contributed by atoms with Gasteiger partial charge in [0.05, 0.1) is 0 Å². The number of hydrogen-bond acceptors (Lipinski definition) is 2. The monoisotopic (exact) mass is 305 g/mol. The van der Waals surface area contributed by atoms with Crippen LogP contribution in [-0.2, 0) is 0 Å². The SMILES string of the molecule is CCCCCC(NC1CCC(SCC)C1)c1ccccc1. The van der Waals surface area contributed by atoms with Crippen LogP contribution in [0.5, 0.6) is 0 Å². The fourth-order valence-electron chi connectivity index (χ4n) is 3.39. The number of nitrogens with one attached hydrogen (secondary N) is 1. The Bertz CT molecular complexity index is 378. The van der Waals surface area contributed by atoms with Crippen LogP contribution in [0.3, 0.4) is 0 Å². The lowest BCUT2D eigenvalue weighted by atomic mass is 9.99. The maximum atomic E-state index is 3.97. The lowest BCUT2D eigenvalue weighted by molar-refractivity contribution is 0.408. The van der Waals surface area contributed by atoms with Gasteiger partial charge in [0.25, 0.3) is 0 Å². The van der Waals surface area contributed by atoms with Gasteiger partial charge >= 0.3 is 0 Å². The average Bonchev–Trinajstić information content (AvgIpc) is 2.95. The Balaban J connectivity index is 1.90. The molecule has 1 saturated carbocycles. The third-order valence-electron chi connectivity index (χ3n) is 4.52. The maximum Gasteiger partial charge on any atom is 0.0322 e. The minimum Gasteiger partial charge on any atom is -0.307 e. The molecule has 1 aliphatic rings. The first-order valence-corrected chi connectivity index (χ1v) is 9.81. The van der Waals surface area contributed by atoms with E-state index in [9.17, 15) is 0 Å². The zero-order chi connectivity index (χ0) is 14.9. The molecule has 0 bridgehead atoms. The summed E-state index contributed by atoms with van der Waals surface area (Å²) in [5.41, 5.74) is 1.47. The highest BCUT2D eigenvalue weighted by Crippen LogP contribution is 2.32. The van der Waals surface area contributed by atoms with E-state index in [0.717, 1.165) is 11.3 Å². The topological polar surface area (TPSA) is 12.0 Å². The Morgan fingerprint density at radius 3 is 2.67 bits per heavy atom. The van der Waals surface area contributed by atoms with E-state index in [1.54, 1.807) is 0 Å². The second-order valence-corrected chi connectivity index (χ2v) is 7.79. The van der Waals surface area contributed by atoms with Gasteiger partial charge in [0.1, 0.15) is 0 Å². The van der Waals surface area contributed by atoms with Crippen molar-refractivity contribution < 1.29 is 0 Å². The van der Waals surface area contributed by atoms with Gasteiger partial charge in [-0.1, -0.05) is 63.4 Å². The second kappa shape index (κ2) is 9.53. The number of benzene rings is 1. The van der Waals surface area contributed by atoms with Gasteiger partial charge in [0.2, 0.25) is 0 Å². The molecule has 0 spiro atoms. The highest BCUT2D eigenvalue weighted by atomic mass is 32.2. The second-order valence-electron chi connectivity index (χ2n) is 6.21. The number of unbranched alkanes of at least 4 members (excludes halogenated alkanes) is 2. The summed E-state index contributed by atoms with van der Waals surface area (Å²) in [6.07, 6.45) is 9.38. The van der Waals surface area contributed by atoms with Crippen molar-refractivity contribution in [1.29, 1.82) is 0 Å². The summed E-state index contributed by atoms with van der Waals surface area (Å²) in [4.78, 5) is 0. The molecule has 0 saturated heterocycles. The standard InChI is InChI=1S/C19H31NS/c1-3-5-7-12-19(16-10-8-6-9-11-16)20-17-13-14-18(15-17)21-4-2/h6,8-11,17-20H,3-5,7,12-15H2,1-2H3. The Morgan fingerprint density at radius 2 is 1.95 bits per heavy atom. The summed E-state index contributed by atoms with van der Waals surface area (Å²) in [7, 11) is 0. The van der Waals surface area contributed by atoms with E-state index in [4.69, 9.17) is 0 Å². The van der Waals surface area contributed by atoms with Crippen LogP contribution < -0.4 is 5.32 Å². The van der Waals surface area contributed by atoms with E-state index in [2.05, 4.69) is 61.3 Å². The molecule has 21 heavy (non-hydrogen) atoms. The molecule has 0 aromatic heterocycles. The Labute approximate surface area is 135 Å². The van der Waals surface area contributed by atoms with Gasteiger partial charge in [-0.15, -0.1) is 0 Å². The normalized spacial score (nSPS) is 23.3. The van der Waals surface area contributed by atoms with Crippen LogP contribution >= 0.6 is 11.8 Å². The zero-order valence-electron chi connectivity index (χ0n) is 13.7. The molecule has 1 N–H and O–H groups in total. The lowest BCUT2D eigenvalue weighted by Gasteiger charge is -2.24. The molecule has 2 heteroatoms. The van der Waals surface area contributed by atoms with E-state index in [1.165, 1.54) is 56.3 Å². The molecule has 2 rings (SSSR count). The van der Waals surface area contributed by atoms with Crippen molar-refractivity contribution in [2.75, 3.05) is 5.75 Å². The average molecular weight is 306 g/mol. The van der Waals surface area contributed by atoms with E-state index in [0.29, 0.717) is 6.04 Å². The van der Waals surface area contributed by atoms with E-state index in [1.807, 2.05) is 0 Å². The van der Waals surface area contributed by atoms with Crippen LogP contribution in [0.2, 0.25) is 0 Å². The quantitative estimate of drug-likeness (QED) is 0.598. The van der Waals surface area contributed by atoms with Crippen molar-refractivity contribution in [1.82, 2.24) is 5.32 Å². The van der Waals surface area contributed by atoms with Gasteiger partial charge in [-0.05, 0) is 37.0 Å². The number of hydrogen-bond donors (Lipinski definition) is 1. The van der Waals surface area contributed by atoms with Crippen molar-refractivity contribution in [2.24, 2.45) is 0 Å². The highest BCUT2D eigenvalue weighted by Gasteiger charge is 2.26. The minimum absolute atomic E-state index is 0.549. The van der Waals surface area contributed by atoms with Crippen LogP contribution in [0.4, 0.5) is 0 Å². The maximum absolute atomic E-state index is 3.97. The van der Waals surface area contributed by atoms with Gasteiger partial charge in [0, 0.05) is 17.3 Å². The summed E-state index contributed by atoms with van der Waals surface area (Å²) in [5, 5.41) is 4.85. The molecule has 1 aromatic rings. The summed E-state index contributed by atoms with van der Waals surface area (Å²) >= 11 is 2.15. The Morgan fingerprint density at radius 1 is 1.14 bits per heavy atom. The van der Waals surface area contributed by atoms with Crippen LogP contribution in [0.1, 0.15) is 70.4 Å². The highest BCUT2D eigenvalue weighted by molar-refractivity contribution is 7.99. The summed E-state index contributed by atoms with van der Waals surface area (Å²) < 4.78 is 0. The van der Waals surface area contributed by atoms with E-state index >= 15 is 0 Å². The van der Waals surface area contributed by atoms with Crippen LogP contribution in [-0.4, -0.2) is 17.0 Å². The van der Waals surface area contributed by atoms with E-state index < -0.39 is 0 Å². The van der Waals surface area contributed by atoms with Crippen LogP contribution in [0.25, 0.3) is 0 Å². The molecule has 3 atom stereocenters. The van der Waals surface area contributed by atoms with Crippen molar-refractivity contribution in [3.63, 3.8) is 0 Å². The fraction of sp³-hybridized carbons (Fsp3) is 0.684. The summed E-state index contributed by atoms with van der Waals surface area (Å²) in [6, 6.07) is 12.3. The first kappa shape index (κ1) is 16.9. The fourth-order valence-corrected chi connectivity index (χ4v) is 4.54. The molecule has 118 valence electrons. The molecule has 0 aliphatic heterocycles. The van der Waals surface area contributed by atoms with Crippen molar-refractivity contribution >= 4 is 11.8 Å². The van der Waals surface area contributed by atoms with Gasteiger partial charge < -0.3 is 5.32 Å². The molecule has 1 fully saturated rings. The third-order valence-corrected chi connectivity index (χ3v) is 5.75. The predicted molar refractivity (Wildman–Crippen MR) is 96.0 cm³/mol. The molecular weight excluding hydrogens is 274 g/mol. The number of rotatable bonds is 9. The third kappa shape index (κ3) is 5.67. The predicted octanol–water partition coefficient (Wildman–Crippen LogP) is 5.57. The van der Waals surface area contributed by atoms with Gasteiger partial charge in [0.15, 0.2) is 0 Å². The Kier molecular flexibility index (Phi) is 7.66. The van der Waals surface area contributed by atoms with Crippen LogP contribution in [0.15, 0.2) is 30.3 Å². The van der Waals surface area contributed by atoms with E-state index in [-0.39, 0.29) is 0 Å². The molecular formula is C19H31NS. The molecule has 1 aromatic carbocycles. The first-order chi connectivity index (χ1) is 10.3. The Hall–Kier alpha value is -0.470. The van der Waals surface area contributed by atoms with Crippen molar-refractivity contribution in [3.05, 3.63) is 35.9 Å². The van der Waals surface area contributed by atoms with Gasteiger partial charge in [-0.25, -0.2) is 0 Å². The number of thioether (sulfide) groups is 1. The van der Waals surface area contributed by atoms with Gasteiger partial charge in [-0.3, -0.25) is 0 Å². The first-order valence-electron chi connectivity index (χ1n) is 8.76. The molecule has 3 unspecified atom stereocenters. The smallest absolute Gasteiger partial charge is 0.0322 e. The molecule has 0 heterocycles. The molecule has 1 aliphatic carbocycles. The van der Waals surface area contributed by atoms with Crippen LogP contribution in [0, 0.1) is 0 Å². The summed E-state index contributed by atoms with van der Waals surface area (Å²) in [5.74, 6) is 1.26. The lowest BCUT2D eigenvalue weighted by Crippen LogP contribution is -2.31. The molecule has 0 amide bonds. The molecule has 1 nitrogen and oxygen atoms in total.